The smallest absolute Gasteiger partial charge is 0.805 e. The van der Waals surface area contributed by atoms with Crippen molar-refractivity contribution in [3.8, 4) is 0 Å². The van der Waals surface area contributed by atoms with Crippen LogP contribution < -0.4 is 68.9 Å². The van der Waals surface area contributed by atoms with Gasteiger partial charge in [-0.25, -0.2) is 0 Å². The molecule has 0 rings (SSSR count). The Morgan fingerprint density at radius 2 is 0.867 bits per heavy atom. The molecule has 8 nitrogen and oxygen atoms in total. The van der Waals surface area contributed by atoms with Crippen molar-refractivity contribution in [1.29, 1.82) is 0 Å². The summed E-state index contributed by atoms with van der Waals surface area (Å²) in [6.07, 6.45) is 11.5. The fourth-order valence-electron chi connectivity index (χ4n) is 2.87. The standard InChI is InChI=1S/C18H36O8P2.2Na/c1-25-28(24,26-2)18(20)16-14-12-10-8-6-4-3-5-7-9-11-13-15-17(19)27(21,22)23;;/h3-16H2,1-2H3,(H2,21,22,23);;/q;2*+1/p-2. The third-order valence-electron chi connectivity index (χ3n) is 4.62. The number of hydrogen-bond acceptors (Lipinski definition) is 8. The van der Waals surface area contributed by atoms with Crippen LogP contribution in [0.15, 0.2) is 0 Å². The van der Waals surface area contributed by atoms with Crippen molar-refractivity contribution in [2.45, 2.75) is 89.9 Å². The molecule has 0 bridgehead atoms. The van der Waals surface area contributed by atoms with Gasteiger partial charge in [0.15, 0.2) is 5.52 Å². The molecular formula is C18H34Na2O8P2. The van der Waals surface area contributed by atoms with Gasteiger partial charge in [-0.2, -0.15) is 0 Å². The van der Waals surface area contributed by atoms with E-state index in [1.807, 2.05) is 0 Å². The Morgan fingerprint density at radius 1 is 0.600 bits per heavy atom. The van der Waals surface area contributed by atoms with Crippen LogP contribution in [0.5, 0.6) is 0 Å². The largest absolute Gasteiger partial charge is 1.00 e. The van der Waals surface area contributed by atoms with Crippen molar-refractivity contribution in [2.24, 2.45) is 0 Å². The molecule has 0 atom stereocenters. The molecule has 0 aliphatic carbocycles. The minimum absolute atomic E-state index is 0. The van der Waals surface area contributed by atoms with Crippen molar-refractivity contribution < 1.29 is 96.7 Å². The molecule has 0 heterocycles. The van der Waals surface area contributed by atoms with E-state index in [2.05, 4.69) is 9.05 Å². The van der Waals surface area contributed by atoms with Crippen molar-refractivity contribution >= 4 is 26.2 Å². The van der Waals surface area contributed by atoms with Crippen LogP contribution in [0, 0.1) is 0 Å². The summed E-state index contributed by atoms with van der Waals surface area (Å²) in [6, 6.07) is 0. The molecule has 166 valence electrons. The second kappa shape index (κ2) is 21.2. The maximum atomic E-state index is 11.8. The summed E-state index contributed by atoms with van der Waals surface area (Å²) in [7, 11) is -6.17. The molecular weight excluding hydrogens is 452 g/mol. The van der Waals surface area contributed by atoms with Crippen molar-refractivity contribution in [3.05, 3.63) is 0 Å². The van der Waals surface area contributed by atoms with Gasteiger partial charge in [0.25, 0.3) is 0 Å². The molecule has 0 aliphatic heterocycles. The van der Waals surface area contributed by atoms with E-state index in [9.17, 15) is 28.5 Å². The molecule has 12 heteroatoms. The van der Waals surface area contributed by atoms with Crippen LogP contribution in [-0.2, 0) is 27.8 Å². The SMILES string of the molecule is COP(=O)(OC)C(=O)CCCCCCCCCCCCCCC(=O)P(=O)([O-])[O-].[Na+].[Na+]. The Bertz CT molecular complexity index is 546. The van der Waals surface area contributed by atoms with Crippen molar-refractivity contribution in [1.82, 2.24) is 0 Å². The third-order valence-corrected chi connectivity index (χ3v) is 7.25. The average Bonchev–Trinajstić information content (AvgIpc) is 2.66. The van der Waals surface area contributed by atoms with E-state index in [1.54, 1.807) is 0 Å². The van der Waals surface area contributed by atoms with Crippen molar-refractivity contribution in [2.75, 3.05) is 14.2 Å². The first-order chi connectivity index (χ1) is 13.2. The number of carbonyl (C=O) groups is 2. The molecule has 0 amide bonds. The fourth-order valence-corrected chi connectivity index (χ4v) is 4.29. The number of unbranched alkanes of at least 4 members (excludes halogenated alkanes) is 11. The summed E-state index contributed by atoms with van der Waals surface area (Å²) < 4.78 is 31.6. The average molecular weight is 486 g/mol. The van der Waals surface area contributed by atoms with E-state index < -0.39 is 26.2 Å². The van der Waals surface area contributed by atoms with Gasteiger partial charge in [-0.3, -0.25) is 14.2 Å². The van der Waals surface area contributed by atoms with Crippen LogP contribution in [0.1, 0.15) is 89.9 Å². The van der Waals surface area contributed by atoms with Gasteiger partial charge < -0.3 is 23.4 Å². The maximum Gasteiger partial charge on any atom is 1.00 e. The topological polar surface area (TPSA) is 133 Å². The molecule has 0 aromatic heterocycles. The summed E-state index contributed by atoms with van der Waals surface area (Å²) in [5.74, 6) is 0. The molecule has 0 spiro atoms. The second-order valence-electron chi connectivity index (χ2n) is 6.89. The Hall–Kier alpha value is 1.64. The van der Waals surface area contributed by atoms with Gasteiger partial charge in [0, 0.05) is 34.7 Å². The van der Waals surface area contributed by atoms with Crippen LogP contribution >= 0.6 is 15.2 Å². The normalized spacial score (nSPS) is 11.5. The van der Waals surface area contributed by atoms with E-state index in [1.165, 1.54) is 14.2 Å². The van der Waals surface area contributed by atoms with Gasteiger partial charge in [-0.05, 0) is 12.8 Å². The molecule has 0 unspecified atom stereocenters. The van der Waals surface area contributed by atoms with E-state index in [0.29, 0.717) is 12.8 Å². The first-order valence-corrected chi connectivity index (χ1v) is 13.1. The Kier molecular flexibility index (Phi) is 25.6. The van der Waals surface area contributed by atoms with Crippen LogP contribution in [0.2, 0.25) is 0 Å². The summed E-state index contributed by atoms with van der Waals surface area (Å²) in [5, 5.41) is 0. The molecule has 0 fully saturated rings. The molecule has 0 aromatic rings. The second-order valence-corrected chi connectivity index (χ2v) is 10.6. The summed E-state index contributed by atoms with van der Waals surface area (Å²) in [6.45, 7) is 0. The van der Waals surface area contributed by atoms with Crippen LogP contribution in [0.4, 0.5) is 0 Å². The van der Waals surface area contributed by atoms with Gasteiger partial charge in [0.05, 0.1) is 0 Å². The molecule has 0 N–H and O–H groups in total. The molecule has 0 saturated heterocycles. The van der Waals surface area contributed by atoms with Crippen LogP contribution in [-0.4, -0.2) is 25.3 Å². The van der Waals surface area contributed by atoms with Gasteiger partial charge in [0.2, 0.25) is 5.52 Å². The number of hydrogen-bond donors (Lipinski definition) is 0. The zero-order chi connectivity index (χ0) is 21.5. The van der Waals surface area contributed by atoms with Crippen LogP contribution in [0.3, 0.4) is 0 Å². The van der Waals surface area contributed by atoms with Gasteiger partial charge in [-0.15, -0.1) is 0 Å². The predicted octanol–water partition coefficient (Wildman–Crippen LogP) is -2.09. The van der Waals surface area contributed by atoms with E-state index in [4.69, 9.17) is 0 Å². The van der Waals surface area contributed by atoms with Crippen molar-refractivity contribution in [3.63, 3.8) is 0 Å². The Labute approximate surface area is 225 Å². The molecule has 0 saturated carbocycles. The number of rotatable bonds is 19. The van der Waals surface area contributed by atoms with Gasteiger partial charge in [-0.1, -0.05) is 64.2 Å². The monoisotopic (exact) mass is 486 g/mol. The fraction of sp³-hybridized carbons (Fsp3) is 0.889. The van der Waals surface area contributed by atoms with Crippen LogP contribution in [0.25, 0.3) is 0 Å². The summed E-state index contributed by atoms with van der Waals surface area (Å²) in [5.41, 5.74) is -1.64. The van der Waals surface area contributed by atoms with Gasteiger partial charge in [0.1, 0.15) is 0 Å². The first-order valence-electron chi connectivity index (χ1n) is 9.97. The third kappa shape index (κ3) is 18.1. The predicted molar refractivity (Wildman–Crippen MR) is 104 cm³/mol. The Balaban J connectivity index is -0.00000364. The van der Waals surface area contributed by atoms with E-state index in [0.717, 1.165) is 64.2 Å². The summed E-state index contributed by atoms with van der Waals surface area (Å²) >= 11 is 0. The molecule has 0 radical (unpaired) electrons. The Morgan fingerprint density at radius 3 is 1.13 bits per heavy atom. The quantitative estimate of drug-likeness (QED) is 0.115. The minimum atomic E-state index is -5.04. The maximum absolute atomic E-state index is 11.8. The van der Waals surface area contributed by atoms with E-state index >= 15 is 0 Å². The summed E-state index contributed by atoms with van der Waals surface area (Å²) in [4.78, 5) is 43.6. The zero-order valence-electron chi connectivity index (χ0n) is 19.1. The van der Waals surface area contributed by atoms with Gasteiger partial charge >= 0.3 is 66.7 Å². The number of carbonyl (C=O) groups excluding carboxylic acids is 2. The molecule has 0 aromatic carbocycles. The zero-order valence-corrected chi connectivity index (χ0v) is 24.8. The van der Waals surface area contributed by atoms with E-state index in [-0.39, 0.29) is 72.0 Å². The molecule has 30 heavy (non-hydrogen) atoms. The molecule has 0 aliphatic rings. The minimum Gasteiger partial charge on any atom is -0.805 e. The first kappa shape index (κ1) is 36.2.